The summed E-state index contributed by atoms with van der Waals surface area (Å²) < 4.78 is 5.75. The molecule has 0 aliphatic carbocycles. The summed E-state index contributed by atoms with van der Waals surface area (Å²) in [7, 11) is 0. The van der Waals surface area contributed by atoms with Gasteiger partial charge in [0.2, 0.25) is 0 Å². The van der Waals surface area contributed by atoms with E-state index in [4.69, 9.17) is 10.5 Å². The van der Waals surface area contributed by atoms with E-state index in [0.29, 0.717) is 25.9 Å². The van der Waals surface area contributed by atoms with E-state index in [0.717, 1.165) is 5.75 Å². The highest BCUT2D eigenvalue weighted by Crippen LogP contribution is 2.18. The highest BCUT2D eigenvalue weighted by molar-refractivity contribution is 6.34. The Morgan fingerprint density at radius 3 is 2.44 bits per heavy atom. The normalized spacial score (nSPS) is 16.3. The number of carbonyl (C=O) groups excluding carboxylic acids is 2. The fourth-order valence-electron chi connectivity index (χ4n) is 1.94. The van der Waals surface area contributed by atoms with Gasteiger partial charge in [-0.05, 0) is 12.1 Å². The monoisotopic (exact) mass is 249 g/mol. The minimum Gasteiger partial charge on any atom is -0.490 e. The van der Waals surface area contributed by atoms with Crippen LogP contribution in [-0.4, -0.2) is 40.9 Å². The van der Waals surface area contributed by atoms with Crippen molar-refractivity contribution in [1.82, 2.24) is 9.88 Å². The highest BCUT2D eigenvalue weighted by atomic mass is 16.5. The van der Waals surface area contributed by atoms with Gasteiger partial charge in [0, 0.05) is 38.3 Å². The topological polar surface area (TPSA) is 85.5 Å². The molecule has 1 aromatic rings. The van der Waals surface area contributed by atoms with Crippen LogP contribution in [0.25, 0.3) is 0 Å². The number of ether oxygens (including phenoxy) is 1. The van der Waals surface area contributed by atoms with Gasteiger partial charge in [-0.1, -0.05) is 0 Å². The molecule has 2 rings (SSSR count). The van der Waals surface area contributed by atoms with Crippen LogP contribution >= 0.6 is 0 Å². The minimum atomic E-state index is -0.900. The van der Waals surface area contributed by atoms with Crippen LogP contribution in [0.1, 0.15) is 12.8 Å². The smallest absolute Gasteiger partial charge is 0.311 e. The summed E-state index contributed by atoms with van der Waals surface area (Å²) in [4.78, 5) is 27.5. The van der Waals surface area contributed by atoms with Crippen molar-refractivity contribution >= 4 is 11.8 Å². The quantitative estimate of drug-likeness (QED) is 0.744. The van der Waals surface area contributed by atoms with Gasteiger partial charge in [0.25, 0.3) is 0 Å². The van der Waals surface area contributed by atoms with E-state index in [2.05, 4.69) is 4.98 Å². The van der Waals surface area contributed by atoms with Crippen molar-refractivity contribution in [3.8, 4) is 5.75 Å². The molecule has 1 saturated heterocycles. The molecule has 0 bridgehead atoms. The zero-order valence-electron chi connectivity index (χ0n) is 9.91. The zero-order valence-corrected chi connectivity index (χ0v) is 9.91. The number of nitrogens with zero attached hydrogens (tertiary/aromatic N) is 2. The van der Waals surface area contributed by atoms with E-state index >= 15 is 0 Å². The van der Waals surface area contributed by atoms with Gasteiger partial charge in [0.05, 0.1) is 0 Å². The first kappa shape index (κ1) is 12.3. The van der Waals surface area contributed by atoms with Crippen molar-refractivity contribution in [2.24, 2.45) is 5.73 Å². The number of hydrogen-bond acceptors (Lipinski definition) is 4. The van der Waals surface area contributed by atoms with Crippen LogP contribution in [0.2, 0.25) is 0 Å². The van der Waals surface area contributed by atoms with Crippen LogP contribution < -0.4 is 10.5 Å². The first-order valence-electron chi connectivity index (χ1n) is 5.82. The van der Waals surface area contributed by atoms with Gasteiger partial charge in [-0.2, -0.15) is 0 Å². The van der Waals surface area contributed by atoms with Crippen molar-refractivity contribution in [2.75, 3.05) is 13.1 Å². The lowest BCUT2D eigenvalue weighted by Gasteiger charge is -2.31. The second-order valence-corrected chi connectivity index (χ2v) is 4.16. The number of likely N-dealkylation sites (tertiary alicyclic amines) is 1. The van der Waals surface area contributed by atoms with E-state index in [1.165, 1.54) is 4.90 Å². The summed E-state index contributed by atoms with van der Waals surface area (Å²) >= 11 is 0. The number of aromatic nitrogens is 1. The fourth-order valence-corrected chi connectivity index (χ4v) is 1.94. The Labute approximate surface area is 105 Å². The van der Waals surface area contributed by atoms with Crippen LogP contribution in [0.4, 0.5) is 0 Å². The van der Waals surface area contributed by atoms with Crippen molar-refractivity contribution in [3.63, 3.8) is 0 Å². The molecule has 1 aromatic heterocycles. The number of hydrogen-bond donors (Lipinski definition) is 1. The zero-order chi connectivity index (χ0) is 13.0. The van der Waals surface area contributed by atoms with Crippen LogP contribution in [-0.2, 0) is 9.59 Å². The SMILES string of the molecule is NC(=O)C(=O)N1CCC(Oc2ccncc2)CC1. The molecule has 1 fully saturated rings. The summed E-state index contributed by atoms with van der Waals surface area (Å²) in [6.07, 6.45) is 4.79. The third-order valence-electron chi connectivity index (χ3n) is 2.89. The molecule has 1 aliphatic rings. The predicted molar refractivity (Wildman–Crippen MR) is 63.7 cm³/mol. The summed E-state index contributed by atoms with van der Waals surface area (Å²) in [5.74, 6) is -0.745. The molecule has 2 N–H and O–H groups in total. The maximum Gasteiger partial charge on any atom is 0.311 e. The molecule has 1 aliphatic heterocycles. The number of primary amides is 1. The van der Waals surface area contributed by atoms with E-state index in [9.17, 15) is 9.59 Å². The molecule has 2 heterocycles. The molecule has 0 radical (unpaired) electrons. The molecule has 96 valence electrons. The van der Waals surface area contributed by atoms with Crippen LogP contribution in [0.15, 0.2) is 24.5 Å². The molecule has 0 aromatic carbocycles. The first-order chi connectivity index (χ1) is 8.66. The van der Waals surface area contributed by atoms with E-state index in [1.807, 2.05) is 0 Å². The number of nitrogens with two attached hydrogens (primary N) is 1. The number of rotatable bonds is 2. The lowest BCUT2D eigenvalue weighted by atomic mass is 10.1. The second-order valence-electron chi connectivity index (χ2n) is 4.16. The molecule has 6 nitrogen and oxygen atoms in total. The van der Waals surface area contributed by atoms with Crippen molar-refractivity contribution in [1.29, 1.82) is 0 Å². The third-order valence-corrected chi connectivity index (χ3v) is 2.89. The Hall–Kier alpha value is -2.11. The van der Waals surface area contributed by atoms with Crippen LogP contribution in [0, 0.1) is 0 Å². The Balaban J connectivity index is 1.84. The van der Waals surface area contributed by atoms with Crippen molar-refractivity contribution in [2.45, 2.75) is 18.9 Å². The molecular formula is C12H15N3O3. The molecule has 2 amide bonds. The molecule has 0 unspecified atom stereocenters. The maximum absolute atomic E-state index is 11.4. The standard InChI is InChI=1S/C12H15N3O3/c13-11(16)12(17)15-7-3-10(4-8-15)18-9-1-5-14-6-2-9/h1-2,5-6,10H,3-4,7-8H2,(H2,13,16). The number of carbonyl (C=O) groups is 2. The largest absolute Gasteiger partial charge is 0.490 e. The molecule has 18 heavy (non-hydrogen) atoms. The maximum atomic E-state index is 11.4. The summed E-state index contributed by atoms with van der Waals surface area (Å²) in [5, 5.41) is 0. The average Bonchev–Trinajstić information content (AvgIpc) is 2.40. The number of pyridine rings is 1. The number of piperidine rings is 1. The van der Waals surface area contributed by atoms with E-state index in [1.54, 1.807) is 24.5 Å². The van der Waals surface area contributed by atoms with Gasteiger partial charge in [-0.3, -0.25) is 14.6 Å². The van der Waals surface area contributed by atoms with Gasteiger partial charge in [0.15, 0.2) is 0 Å². The van der Waals surface area contributed by atoms with E-state index in [-0.39, 0.29) is 6.10 Å². The van der Waals surface area contributed by atoms with Gasteiger partial charge in [-0.15, -0.1) is 0 Å². The highest BCUT2D eigenvalue weighted by Gasteiger charge is 2.26. The lowest BCUT2D eigenvalue weighted by molar-refractivity contribution is -0.145. The Bertz CT molecular complexity index is 427. The van der Waals surface area contributed by atoms with Crippen molar-refractivity contribution < 1.29 is 14.3 Å². The van der Waals surface area contributed by atoms with Crippen LogP contribution in [0.3, 0.4) is 0 Å². The van der Waals surface area contributed by atoms with Crippen LogP contribution in [0.5, 0.6) is 5.75 Å². The number of amides is 2. The second kappa shape index (κ2) is 5.48. The molecular weight excluding hydrogens is 234 g/mol. The predicted octanol–water partition coefficient (Wildman–Crippen LogP) is -0.0633. The minimum absolute atomic E-state index is 0.0596. The van der Waals surface area contributed by atoms with Gasteiger partial charge in [0.1, 0.15) is 11.9 Å². The third kappa shape index (κ3) is 2.97. The Kier molecular flexibility index (Phi) is 3.76. The van der Waals surface area contributed by atoms with Gasteiger partial charge in [-0.25, -0.2) is 0 Å². The van der Waals surface area contributed by atoms with Gasteiger partial charge >= 0.3 is 11.8 Å². The van der Waals surface area contributed by atoms with E-state index < -0.39 is 11.8 Å². The average molecular weight is 249 g/mol. The molecule has 0 spiro atoms. The first-order valence-corrected chi connectivity index (χ1v) is 5.82. The fraction of sp³-hybridized carbons (Fsp3) is 0.417. The summed E-state index contributed by atoms with van der Waals surface area (Å²) in [6, 6.07) is 3.59. The lowest BCUT2D eigenvalue weighted by Crippen LogP contribution is -2.46. The summed E-state index contributed by atoms with van der Waals surface area (Å²) in [6.45, 7) is 0.995. The van der Waals surface area contributed by atoms with Crippen molar-refractivity contribution in [3.05, 3.63) is 24.5 Å². The molecule has 0 saturated carbocycles. The van der Waals surface area contributed by atoms with Gasteiger partial charge < -0.3 is 15.4 Å². The summed E-state index contributed by atoms with van der Waals surface area (Å²) in [5.41, 5.74) is 4.96. The molecule has 0 atom stereocenters. The Morgan fingerprint density at radius 2 is 1.89 bits per heavy atom. The molecule has 6 heteroatoms. The Morgan fingerprint density at radius 1 is 1.28 bits per heavy atom.